The van der Waals surface area contributed by atoms with Gasteiger partial charge in [-0.25, -0.2) is 21.6 Å². The Balaban J connectivity index is 1.47. The predicted molar refractivity (Wildman–Crippen MR) is 117 cm³/mol. The topological polar surface area (TPSA) is 135 Å². The monoisotopic (exact) mass is 482 g/mol. The number of benzene rings is 1. The van der Waals surface area contributed by atoms with E-state index >= 15 is 0 Å². The van der Waals surface area contributed by atoms with Crippen LogP contribution >= 0.6 is 0 Å². The smallest absolute Gasteiger partial charge is 0.243 e. The van der Waals surface area contributed by atoms with E-state index in [2.05, 4.69) is 15.0 Å². The normalized spacial score (nSPS) is 15.4. The van der Waals surface area contributed by atoms with Crippen LogP contribution in [0.3, 0.4) is 0 Å². The minimum atomic E-state index is -3.82. The summed E-state index contributed by atoms with van der Waals surface area (Å²) in [5, 5.41) is 2.73. The van der Waals surface area contributed by atoms with E-state index in [9.17, 15) is 21.6 Å². The molecule has 0 atom stereocenters. The van der Waals surface area contributed by atoms with Crippen LogP contribution in [0.2, 0.25) is 0 Å². The second-order valence-electron chi connectivity index (χ2n) is 7.09. The molecule has 2 N–H and O–H groups in total. The van der Waals surface area contributed by atoms with Gasteiger partial charge in [-0.15, -0.1) is 0 Å². The fourth-order valence-electron chi connectivity index (χ4n) is 3.05. The van der Waals surface area contributed by atoms with Gasteiger partial charge in [-0.05, 0) is 42.8 Å². The van der Waals surface area contributed by atoms with E-state index in [-0.39, 0.29) is 41.8 Å². The molecule has 32 heavy (non-hydrogen) atoms. The summed E-state index contributed by atoms with van der Waals surface area (Å²) in [4.78, 5) is 16.0. The van der Waals surface area contributed by atoms with Crippen molar-refractivity contribution in [2.75, 3.05) is 32.8 Å². The fourth-order valence-corrected chi connectivity index (χ4v) is 5.53. The summed E-state index contributed by atoms with van der Waals surface area (Å²) in [5.41, 5.74) is 0.737. The molecule has 3 rings (SSSR count). The lowest BCUT2D eigenvalue weighted by atomic mass is 10.3. The van der Waals surface area contributed by atoms with E-state index in [1.807, 2.05) is 6.07 Å². The second kappa shape index (κ2) is 11.0. The van der Waals surface area contributed by atoms with Gasteiger partial charge in [0.2, 0.25) is 26.0 Å². The van der Waals surface area contributed by atoms with E-state index in [0.29, 0.717) is 26.2 Å². The Labute approximate surface area is 188 Å². The molecule has 2 heterocycles. The average Bonchev–Trinajstić information content (AvgIpc) is 2.82. The number of nitrogens with zero attached hydrogens (tertiary/aromatic N) is 2. The lowest BCUT2D eigenvalue weighted by Gasteiger charge is -2.26. The van der Waals surface area contributed by atoms with Crippen molar-refractivity contribution in [1.82, 2.24) is 19.3 Å². The van der Waals surface area contributed by atoms with Crippen molar-refractivity contribution in [1.29, 1.82) is 0 Å². The number of hydrogen-bond donors (Lipinski definition) is 2. The number of hydrogen-bond acceptors (Lipinski definition) is 7. The number of aromatic nitrogens is 1. The molecule has 0 unspecified atom stereocenters. The average molecular weight is 483 g/mol. The molecule has 0 spiro atoms. The zero-order chi connectivity index (χ0) is 23.0. The predicted octanol–water partition coefficient (Wildman–Crippen LogP) is 0.477. The van der Waals surface area contributed by atoms with Crippen molar-refractivity contribution >= 4 is 26.0 Å². The van der Waals surface area contributed by atoms with Gasteiger partial charge in [0, 0.05) is 32.3 Å². The van der Waals surface area contributed by atoms with Gasteiger partial charge in [0.25, 0.3) is 0 Å². The molecular formula is C20H26N4O6S2. The third-order valence-electron chi connectivity index (χ3n) is 4.81. The molecule has 2 aromatic rings. The highest BCUT2D eigenvalue weighted by Crippen LogP contribution is 2.19. The number of morpholine rings is 1. The minimum Gasteiger partial charge on any atom is -0.379 e. The number of ether oxygens (including phenoxy) is 1. The van der Waals surface area contributed by atoms with Gasteiger partial charge in [0.1, 0.15) is 0 Å². The Kier molecular flexibility index (Phi) is 8.32. The largest absolute Gasteiger partial charge is 0.379 e. The molecule has 12 heteroatoms. The maximum Gasteiger partial charge on any atom is 0.243 e. The van der Waals surface area contributed by atoms with Crippen molar-refractivity contribution in [2.45, 2.75) is 29.2 Å². The van der Waals surface area contributed by atoms with Crippen LogP contribution in [0, 0.1) is 0 Å². The van der Waals surface area contributed by atoms with Gasteiger partial charge < -0.3 is 10.1 Å². The molecule has 10 nitrogen and oxygen atoms in total. The van der Waals surface area contributed by atoms with Crippen molar-refractivity contribution in [3.8, 4) is 0 Å². The van der Waals surface area contributed by atoms with Crippen LogP contribution in [0.1, 0.15) is 18.5 Å². The quantitative estimate of drug-likeness (QED) is 0.470. The van der Waals surface area contributed by atoms with E-state index < -0.39 is 20.0 Å². The first-order chi connectivity index (χ1) is 15.3. The zero-order valence-electron chi connectivity index (χ0n) is 17.4. The number of carbonyl (C=O) groups excluding carboxylic acids is 1. The molecule has 1 amide bonds. The third-order valence-corrected chi connectivity index (χ3v) is 8.20. The van der Waals surface area contributed by atoms with Gasteiger partial charge in [-0.1, -0.05) is 6.07 Å². The van der Waals surface area contributed by atoms with Crippen molar-refractivity contribution in [3.63, 3.8) is 0 Å². The zero-order valence-corrected chi connectivity index (χ0v) is 19.1. The van der Waals surface area contributed by atoms with E-state index in [1.54, 1.807) is 18.3 Å². The minimum absolute atomic E-state index is 0.0305. The Bertz CT molecular complexity index is 1100. The van der Waals surface area contributed by atoms with Crippen molar-refractivity contribution in [3.05, 3.63) is 54.4 Å². The standard InChI is InChI=1S/C20H26N4O6S2/c25-20(22-16-17-4-1-2-10-21-17)5-3-11-23-31(26,27)18-6-8-19(9-7-18)32(28,29)24-12-14-30-15-13-24/h1-2,4,6-10,23H,3,5,11-16H2,(H,22,25). The van der Waals surface area contributed by atoms with Crippen LogP contribution in [-0.2, 0) is 36.1 Å². The molecule has 1 aromatic heterocycles. The first kappa shape index (κ1) is 24.3. The SMILES string of the molecule is O=C(CCCNS(=O)(=O)c1ccc(S(=O)(=O)N2CCOCC2)cc1)NCc1ccccn1. The molecule has 0 saturated carbocycles. The molecule has 0 aliphatic carbocycles. The molecule has 1 fully saturated rings. The van der Waals surface area contributed by atoms with E-state index in [1.165, 1.54) is 28.6 Å². The fraction of sp³-hybridized carbons (Fsp3) is 0.400. The number of rotatable bonds is 10. The molecule has 0 bridgehead atoms. The first-order valence-corrected chi connectivity index (χ1v) is 13.1. The molecule has 174 valence electrons. The highest BCUT2D eigenvalue weighted by atomic mass is 32.2. The second-order valence-corrected chi connectivity index (χ2v) is 10.8. The van der Waals surface area contributed by atoms with Crippen LogP contribution in [-0.4, -0.2) is 64.9 Å². The highest BCUT2D eigenvalue weighted by Gasteiger charge is 2.26. The van der Waals surface area contributed by atoms with Crippen LogP contribution in [0.4, 0.5) is 0 Å². The Hall–Kier alpha value is -2.38. The summed E-state index contributed by atoms with van der Waals surface area (Å²) < 4.78 is 59.1. The summed E-state index contributed by atoms with van der Waals surface area (Å²) in [6.07, 6.45) is 2.11. The molecule has 1 saturated heterocycles. The summed E-state index contributed by atoms with van der Waals surface area (Å²) >= 11 is 0. The summed E-state index contributed by atoms with van der Waals surface area (Å²) in [7, 11) is -7.51. The van der Waals surface area contributed by atoms with Gasteiger partial charge in [0.15, 0.2) is 0 Å². The molecule has 1 aromatic carbocycles. The number of carbonyl (C=O) groups is 1. The van der Waals surface area contributed by atoms with Crippen LogP contribution < -0.4 is 10.0 Å². The lowest BCUT2D eigenvalue weighted by molar-refractivity contribution is -0.121. The Morgan fingerprint density at radius 3 is 2.34 bits per heavy atom. The van der Waals surface area contributed by atoms with Gasteiger partial charge >= 0.3 is 0 Å². The van der Waals surface area contributed by atoms with E-state index in [4.69, 9.17) is 4.74 Å². The van der Waals surface area contributed by atoms with Crippen LogP contribution in [0.15, 0.2) is 58.5 Å². The summed E-state index contributed by atoms with van der Waals surface area (Å²) in [5.74, 6) is -0.201. The number of pyridine rings is 1. The Morgan fingerprint density at radius 2 is 1.69 bits per heavy atom. The van der Waals surface area contributed by atoms with Gasteiger partial charge in [0.05, 0.1) is 35.2 Å². The Morgan fingerprint density at radius 1 is 1.00 bits per heavy atom. The van der Waals surface area contributed by atoms with E-state index in [0.717, 1.165) is 5.69 Å². The maximum atomic E-state index is 12.6. The highest BCUT2D eigenvalue weighted by molar-refractivity contribution is 7.89. The van der Waals surface area contributed by atoms with Gasteiger partial charge in [-0.3, -0.25) is 9.78 Å². The molecular weight excluding hydrogens is 456 g/mol. The molecule has 0 radical (unpaired) electrons. The van der Waals surface area contributed by atoms with Crippen LogP contribution in [0.5, 0.6) is 0 Å². The maximum absolute atomic E-state index is 12.6. The summed E-state index contributed by atoms with van der Waals surface area (Å²) in [6, 6.07) is 10.5. The van der Waals surface area contributed by atoms with Crippen LogP contribution in [0.25, 0.3) is 0 Å². The van der Waals surface area contributed by atoms with Gasteiger partial charge in [-0.2, -0.15) is 4.31 Å². The molecule has 1 aliphatic rings. The van der Waals surface area contributed by atoms with Crippen molar-refractivity contribution < 1.29 is 26.4 Å². The number of nitrogens with one attached hydrogen (secondary N) is 2. The first-order valence-electron chi connectivity index (χ1n) is 10.1. The van der Waals surface area contributed by atoms with Crippen molar-refractivity contribution in [2.24, 2.45) is 0 Å². The third kappa shape index (κ3) is 6.56. The number of amides is 1. The summed E-state index contributed by atoms with van der Waals surface area (Å²) in [6.45, 7) is 1.57. The molecule has 1 aliphatic heterocycles. The lowest BCUT2D eigenvalue weighted by Crippen LogP contribution is -2.40. The number of sulfonamides is 2.